The van der Waals surface area contributed by atoms with Crippen LogP contribution in [0.5, 0.6) is 11.5 Å². The zero-order chi connectivity index (χ0) is 18.6. The lowest BCUT2D eigenvalue weighted by atomic mass is 10.2. The highest BCUT2D eigenvalue weighted by atomic mass is 79.9. The summed E-state index contributed by atoms with van der Waals surface area (Å²) in [6.07, 6.45) is 1.29. The van der Waals surface area contributed by atoms with Gasteiger partial charge in [-0.3, -0.25) is 0 Å². The maximum absolute atomic E-state index is 12.8. The van der Waals surface area contributed by atoms with Crippen LogP contribution >= 0.6 is 31.9 Å². The fourth-order valence-corrected chi connectivity index (χ4v) is 4.69. The van der Waals surface area contributed by atoms with Crippen LogP contribution in [0.2, 0.25) is 0 Å². The number of hydrogen-bond acceptors (Lipinski definition) is 5. The Balaban J connectivity index is 2.61. The molecule has 0 radical (unpaired) electrons. The normalized spacial score (nSPS) is 11.7. The van der Waals surface area contributed by atoms with E-state index in [4.69, 9.17) is 9.47 Å². The van der Waals surface area contributed by atoms with Crippen molar-refractivity contribution < 1.29 is 17.9 Å². The summed E-state index contributed by atoms with van der Waals surface area (Å²) in [5.74, 6) is 0.979. The van der Waals surface area contributed by atoms with Crippen LogP contribution in [0, 0.1) is 11.3 Å². The van der Waals surface area contributed by atoms with Gasteiger partial charge in [-0.05, 0) is 57.9 Å². The van der Waals surface area contributed by atoms with Crippen molar-refractivity contribution in [1.82, 2.24) is 0 Å². The standard InChI is InChI=1S/C17H13Br2NO4S/c1-23-13-5-11(6-14(9-13)24-2)7-15(10-20)25(21,22)17-8-12(18)3-4-16(17)19/h3-9H,1-2H3. The monoisotopic (exact) mass is 485 g/mol. The lowest BCUT2D eigenvalue weighted by Gasteiger charge is -2.08. The molecule has 0 aromatic heterocycles. The summed E-state index contributed by atoms with van der Waals surface area (Å²) in [5, 5.41) is 9.41. The third-order valence-corrected chi connectivity index (χ3v) is 6.41. The van der Waals surface area contributed by atoms with Crippen molar-refractivity contribution in [2.45, 2.75) is 4.90 Å². The van der Waals surface area contributed by atoms with Crippen molar-refractivity contribution in [3.05, 3.63) is 55.8 Å². The number of sulfone groups is 1. The minimum absolute atomic E-state index is 0.00420. The van der Waals surface area contributed by atoms with E-state index in [-0.39, 0.29) is 9.80 Å². The first-order chi connectivity index (χ1) is 11.8. The van der Waals surface area contributed by atoms with E-state index < -0.39 is 9.84 Å². The summed E-state index contributed by atoms with van der Waals surface area (Å²) >= 11 is 6.46. The van der Waals surface area contributed by atoms with Gasteiger partial charge in [-0.2, -0.15) is 5.26 Å². The van der Waals surface area contributed by atoms with Gasteiger partial charge in [-0.1, -0.05) is 15.9 Å². The van der Waals surface area contributed by atoms with E-state index >= 15 is 0 Å². The van der Waals surface area contributed by atoms with Gasteiger partial charge in [0, 0.05) is 15.0 Å². The van der Waals surface area contributed by atoms with Crippen molar-refractivity contribution in [2.75, 3.05) is 14.2 Å². The number of nitriles is 1. The molecule has 0 heterocycles. The number of halogens is 2. The van der Waals surface area contributed by atoms with E-state index in [1.165, 1.54) is 26.4 Å². The summed E-state index contributed by atoms with van der Waals surface area (Å²) in [7, 11) is -1.02. The number of hydrogen-bond donors (Lipinski definition) is 0. The molecule has 0 unspecified atom stereocenters. The lowest BCUT2D eigenvalue weighted by molar-refractivity contribution is 0.394. The van der Waals surface area contributed by atoms with Crippen LogP contribution < -0.4 is 9.47 Å². The number of methoxy groups -OCH3 is 2. The molecule has 25 heavy (non-hydrogen) atoms. The molecule has 2 aromatic carbocycles. The number of allylic oxidation sites excluding steroid dienone is 1. The molecule has 0 aliphatic rings. The second-order valence-corrected chi connectivity index (χ2v) is 8.50. The van der Waals surface area contributed by atoms with Crippen molar-refractivity contribution in [2.24, 2.45) is 0 Å². The molecular formula is C17H13Br2NO4S. The Kier molecular flexibility index (Phi) is 6.27. The minimum Gasteiger partial charge on any atom is -0.497 e. The average Bonchev–Trinajstić information content (AvgIpc) is 2.60. The molecule has 0 saturated carbocycles. The molecule has 2 rings (SSSR count). The molecule has 0 aliphatic carbocycles. The van der Waals surface area contributed by atoms with Crippen LogP contribution in [-0.4, -0.2) is 22.6 Å². The van der Waals surface area contributed by atoms with Crippen LogP contribution in [0.15, 0.2) is 55.1 Å². The Labute approximate surface area is 163 Å². The third kappa shape index (κ3) is 4.42. The highest BCUT2D eigenvalue weighted by Crippen LogP contribution is 2.31. The van der Waals surface area contributed by atoms with E-state index in [1.54, 1.807) is 36.4 Å². The van der Waals surface area contributed by atoms with Gasteiger partial charge in [-0.15, -0.1) is 0 Å². The van der Waals surface area contributed by atoms with Gasteiger partial charge in [0.1, 0.15) is 22.5 Å². The molecule has 0 amide bonds. The number of rotatable bonds is 5. The van der Waals surface area contributed by atoms with Gasteiger partial charge < -0.3 is 9.47 Å². The van der Waals surface area contributed by atoms with Crippen LogP contribution in [0.1, 0.15) is 5.56 Å². The van der Waals surface area contributed by atoms with E-state index in [0.29, 0.717) is 26.0 Å². The maximum Gasteiger partial charge on any atom is 0.217 e. The quantitative estimate of drug-likeness (QED) is 0.578. The molecular weight excluding hydrogens is 474 g/mol. The third-order valence-electron chi connectivity index (χ3n) is 3.25. The van der Waals surface area contributed by atoms with E-state index in [0.717, 1.165) is 0 Å². The number of ether oxygens (including phenoxy) is 2. The highest BCUT2D eigenvalue weighted by molar-refractivity contribution is 9.11. The second-order valence-electron chi connectivity index (χ2n) is 4.84. The van der Waals surface area contributed by atoms with E-state index in [9.17, 15) is 13.7 Å². The molecule has 0 fully saturated rings. The van der Waals surface area contributed by atoms with Gasteiger partial charge in [0.15, 0.2) is 0 Å². The maximum atomic E-state index is 12.8. The lowest BCUT2D eigenvalue weighted by Crippen LogP contribution is -2.04. The smallest absolute Gasteiger partial charge is 0.217 e. The topological polar surface area (TPSA) is 76.4 Å². The predicted octanol–water partition coefficient (Wildman–Crippen LogP) is 4.57. The molecule has 0 saturated heterocycles. The Morgan fingerprint density at radius 1 is 1.08 bits per heavy atom. The van der Waals surface area contributed by atoms with Crippen LogP contribution in [0.3, 0.4) is 0 Å². The van der Waals surface area contributed by atoms with Gasteiger partial charge in [0.2, 0.25) is 9.84 Å². The minimum atomic E-state index is -4.00. The molecule has 2 aromatic rings. The molecule has 0 atom stereocenters. The molecule has 0 spiro atoms. The zero-order valence-electron chi connectivity index (χ0n) is 13.3. The first-order valence-corrected chi connectivity index (χ1v) is 9.93. The Hall–Kier alpha value is -1.82. The highest BCUT2D eigenvalue weighted by Gasteiger charge is 2.24. The Morgan fingerprint density at radius 3 is 2.20 bits per heavy atom. The van der Waals surface area contributed by atoms with Crippen LogP contribution in [0.4, 0.5) is 0 Å². The average molecular weight is 487 g/mol. The first kappa shape index (κ1) is 19.5. The van der Waals surface area contributed by atoms with Crippen molar-refractivity contribution in [1.29, 1.82) is 5.26 Å². The summed E-state index contributed by atoms with van der Waals surface area (Å²) in [4.78, 5) is -0.383. The van der Waals surface area contributed by atoms with Crippen molar-refractivity contribution in [3.8, 4) is 17.6 Å². The van der Waals surface area contributed by atoms with Crippen LogP contribution in [0.25, 0.3) is 6.08 Å². The van der Waals surface area contributed by atoms with Gasteiger partial charge in [0.05, 0.1) is 19.1 Å². The molecule has 8 heteroatoms. The summed E-state index contributed by atoms with van der Waals surface area (Å²) in [5.41, 5.74) is 0.474. The predicted molar refractivity (Wildman–Crippen MR) is 102 cm³/mol. The zero-order valence-corrected chi connectivity index (χ0v) is 17.3. The van der Waals surface area contributed by atoms with Gasteiger partial charge in [-0.25, -0.2) is 8.42 Å². The molecule has 130 valence electrons. The summed E-state index contributed by atoms with van der Waals surface area (Å²) in [6.45, 7) is 0. The Morgan fingerprint density at radius 2 is 1.68 bits per heavy atom. The Bertz CT molecular complexity index is 956. The van der Waals surface area contributed by atoms with Gasteiger partial charge in [0.25, 0.3) is 0 Å². The van der Waals surface area contributed by atoms with E-state index in [1.807, 2.05) is 0 Å². The molecule has 5 nitrogen and oxygen atoms in total. The molecule has 0 N–H and O–H groups in total. The van der Waals surface area contributed by atoms with Crippen molar-refractivity contribution in [3.63, 3.8) is 0 Å². The fraction of sp³-hybridized carbons (Fsp3) is 0.118. The summed E-state index contributed by atoms with van der Waals surface area (Å²) < 4.78 is 37.0. The largest absolute Gasteiger partial charge is 0.497 e. The fourth-order valence-electron chi connectivity index (χ4n) is 2.04. The first-order valence-electron chi connectivity index (χ1n) is 6.87. The van der Waals surface area contributed by atoms with Crippen molar-refractivity contribution >= 4 is 47.8 Å². The molecule has 0 bridgehead atoms. The summed E-state index contributed by atoms with van der Waals surface area (Å²) in [6, 6.07) is 11.4. The van der Waals surface area contributed by atoms with Gasteiger partial charge >= 0.3 is 0 Å². The number of nitrogens with zero attached hydrogens (tertiary/aromatic N) is 1. The SMILES string of the molecule is COc1cc(C=C(C#N)S(=O)(=O)c2cc(Br)ccc2Br)cc(OC)c1. The van der Waals surface area contributed by atoms with E-state index in [2.05, 4.69) is 31.9 Å². The number of benzene rings is 2. The van der Waals surface area contributed by atoms with Crippen LogP contribution in [-0.2, 0) is 9.84 Å². The molecule has 0 aliphatic heterocycles. The second kappa shape index (κ2) is 8.04.